The fraction of sp³-hybridized carbons (Fsp3) is 0.375. The molecule has 1 unspecified atom stereocenters. The molecule has 0 radical (unpaired) electrons. The normalized spacial score (nSPS) is 12.2. The van der Waals surface area contributed by atoms with Crippen LogP contribution in [0.3, 0.4) is 0 Å². The molecule has 5 heteroatoms. The van der Waals surface area contributed by atoms with Gasteiger partial charge in [0.1, 0.15) is 12.4 Å². The molecule has 0 amide bonds. The van der Waals surface area contributed by atoms with Crippen LogP contribution < -0.4 is 10.5 Å². The lowest BCUT2D eigenvalue weighted by Gasteiger charge is -2.14. The van der Waals surface area contributed by atoms with Crippen LogP contribution in [0.5, 0.6) is 5.75 Å². The average molecular weight is 350 g/mol. The van der Waals surface area contributed by atoms with Crippen molar-refractivity contribution in [1.82, 2.24) is 9.97 Å². The first-order chi connectivity index (χ1) is 10.1. The number of hydrogen-bond acceptors (Lipinski definition) is 4. The van der Waals surface area contributed by atoms with Gasteiger partial charge in [-0.05, 0) is 47.5 Å². The lowest BCUT2D eigenvalue weighted by molar-refractivity contribution is 0.299. The van der Waals surface area contributed by atoms with Gasteiger partial charge < -0.3 is 10.5 Å². The smallest absolute Gasteiger partial charge is 0.141 e. The van der Waals surface area contributed by atoms with E-state index in [0.717, 1.165) is 40.0 Å². The number of pyridine rings is 2. The van der Waals surface area contributed by atoms with Crippen LogP contribution in [0.2, 0.25) is 0 Å². The number of aryl methyl sites for hydroxylation is 1. The predicted octanol–water partition coefficient (Wildman–Crippen LogP) is 3.41. The minimum atomic E-state index is 0.106. The zero-order valence-corrected chi connectivity index (χ0v) is 13.9. The van der Waals surface area contributed by atoms with E-state index < -0.39 is 0 Å². The van der Waals surface area contributed by atoms with Crippen molar-refractivity contribution in [3.63, 3.8) is 0 Å². The van der Waals surface area contributed by atoms with E-state index >= 15 is 0 Å². The maximum Gasteiger partial charge on any atom is 0.141 e. The van der Waals surface area contributed by atoms with Crippen LogP contribution in [-0.4, -0.2) is 16.0 Å². The van der Waals surface area contributed by atoms with E-state index in [4.69, 9.17) is 10.5 Å². The minimum absolute atomic E-state index is 0.106. The third-order valence-corrected chi connectivity index (χ3v) is 3.64. The highest BCUT2D eigenvalue weighted by Gasteiger charge is 2.10. The monoisotopic (exact) mass is 349 g/mol. The first-order valence-corrected chi connectivity index (χ1v) is 7.82. The molecule has 0 saturated heterocycles. The molecular weight excluding hydrogens is 330 g/mol. The van der Waals surface area contributed by atoms with E-state index in [0.29, 0.717) is 6.61 Å². The second-order valence-corrected chi connectivity index (χ2v) is 5.99. The molecule has 2 N–H and O–H groups in total. The van der Waals surface area contributed by atoms with Gasteiger partial charge >= 0.3 is 0 Å². The molecule has 0 aromatic carbocycles. The minimum Gasteiger partial charge on any atom is -0.487 e. The van der Waals surface area contributed by atoms with Gasteiger partial charge in [0.15, 0.2) is 0 Å². The Labute approximate surface area is 133 Å². The van der Waals surface area contributed by atoms with Crippen molar-refractivity contribution in [2.24, 2.45) is 5.73 Å². The van der Waals surface area contributed by atoms with Crippen molar-refractivity contribution in [2.45, 2.75) is 39.3 Å². The molecule has 0 aliphatic rings. The fourth-order valence-corrected chi connectivity index (χ4v) is 2.38. The SMILES string of the molecule is CCC(N)Cc1nc(C)ccc1OCc1cncc(Br)c1. The Bertz CT molecular complexity index is 604. The molecule has 2 rings (SSSR count). The van der Waals surface area contributed by atoms with Crippen molar-refractivity contribution in [3.05, 3.63) is 52.0 Å². The van der Waals surface area contributed by atoms with Crippen LogP contribution in [0.15, 0.2) is 35.1 Å². The highest BCUT2D eigenvalue weighted by Crippen LogP contribution is 2.21. The van der Waals surface area contributed by atoms with Crippen molar-refractivity contribution in [3.8, 4) is 5.75 Å². The topological polar surface area (TPSA) is 61.0 Å². The van der Waals surface area contributed by atoms with Crippen LogP contribution >= 0.6 is 15.9 Å². The highest BCUT2D eigenvalue weighted by molar-refractivity contribution is 9.10. The van der Waals surface area contributed by atoms with Gasteiger partial charge in [0.2, 0.25) is 0 Å². The molecule has 0 aliphatic carbocycles. The van der Waals surface area contributed by atoms with Crippen molar-refractivity contribution in [1.29, 1.82) is 0 Å². The van der Waals surface area contributed by atoms with Crippen molar-refractivity contribution < 1.29 is 4.74 Å². The van der Waals surface area contributed by atoms with E-state index in [2.05, 4.69) is 32.8 Å². The second-order valence-electron chi connectivity index (χ2n) is 5.07. The molecule has 0 aliphatic heterocycles. The summed E-state index contributed by atoms with van der Waals surface area (Å²) in [7, 11) is 0. The maximum atomic E-state index is 6.04. The zero-order chi connectivity index (χ0) is 15.2. The maximum absolute atomic E-state index is 6.04. The Morgan fingerprint density at radius 2 is 2.14 bits per heavy atom. The molecule has 2 aromatic rings. The van der Waals surface area contributed by atoms with Crippen LogP contribution in [0.1, 0.15) is 30.3 Å². The fourth-order valence-electron chi connectivity index (χ4n) is 1.96. The first-order valence-electron chi connectivity index (χ1n) is 7.02. The number of hydrogen-bond donors (Lipinski definition) is 1. The van der Waals surface area contributed by atoms with Gasteiger partial charge in [0.05, 0.1) is 5.69 Å². The molecule has 0 fully saturated rings. The van der Waals surface area contributed by atoms with Gasteiger partial charge in [0, 0.05) is 40.6 Å². The Morgan fingerprint density at radius 1 is 1.33 bits per heavy atom. The lowest BCUT2D eigenvalue weighted by atomic mass is 10.1. The van der Waals surface area contributed by atoms with Gasteiger partial charge in [-0.3, -0.25) is 9.97 Å². The molecule has 0 saturated carbocycles. The molecule has 21 heavy (non-hydrogen) atoms. The molecule has 4 nitrogen and oxygen atoms in total. The van der Waals surface area contributed by atoms with Gasteiger partial charge in [-0.25, -0.2) is 0 Å². The third kappa shape index (κ3) is 4.79. The van der Waals surface area contributed by atoms with Crippen LogP contribution in [0.25, 0.3) is 0 Å². The molecular formula is C16H20BrN3O. The second kappa shape index (κ2) is 7.52. The molecule has 0 bridgehead atoms. The molecule has 2 aromatic heterocycles. The lowest BCUT2D eigenvalue weighted by Crippen LogP contribution is -2.22. The number of rotatable bonds is 6. The summed E-state index contributed by atoms with van der Waals surface area (Å²) in [5.41, 5.74) is 8.95. The van der Waals surface area contributed by atoms with E-state index in [1.54, 1.807) is 12.4 Å². The number of halogens is 1. The van der Waals surface area contributed by atoms with Gasteiger partial charge in [-0.1, -0.05) is 6.92 Å². The summed E-state index contributed by atoms with van der Waals surface area (Å²) >= 11 is 3.41. The molecule has 0 spiro atoms. The standard InChI is InChI=1S/C16H20BrN3O/c1-3-14(18)7-15-16(5-4-11(2)20-15)21-10-12-6-13(17)9-19-8-12/h4-6,8-9,14H,3,7,10,18H2,1-2H3. The van der Waals surface area contributed by atoms with E-state index in [1.165, 1.54) is 0 Å². The average Bonchev–Trinajstić information content (AvgIpc) is 2.46. The summed E-state index contributed by atoms with van der Waals surface area (Å²) in [5.74, 6) is 0.796. The summed E-state index contributed by atoms with van der Waals surface area (Å²) in [6.45, 7) is 4.52. The number of nitrogens with two attached hydrogens (primary N) is 1. The van der Waals surface area contributed by atoms with E-state index in [9.17, 15) is 0 Å². The highest BCUT2D eigenvalue weighted by atomic mass is 79.9. The van der Waals surface area contributed by atoms with Crippen LogP contribution in [-0.2, 0) is 13.0 Å². The van der Waals surface area contributed by atoms with Gasteiger partial charge in [-0.15, -0.1) is 0 Å². The quantitative estimate of drug-likeness (QED) is 0.867. The van der Waals surface area contributed by atoms with Crippen LogP contribution in [0, 0.1) is 6.92 Å². The van der Waals surface area contributed by atoms with Crippen molar-refractivity contribution >= 4 is 15.9 Å². The summed E-state index contributed by atoms with van der Waals surface area (Å²) in [6, 6.07) is 6.02. The van der Waals surface area contributed by atoms with Gasteiger partial charge in [-0.2, -0.15) is 0 Å². The predicted molar refractivity (Wildman–Crippen MR) is 87.2 cm³/mol. The van der Waals surface area contributed by atoms with Crippen LogP contribution in [0.4, 0.5) is 0 Å². The first kappa shape index (κ1) is 15.9. The van der Waals surface area contributed by atoms with E-state index in [1.807, 2.05) is 25.1 Å². The Hall–Kier alpha value is -1.46. The Morgan fingerprint density at radius 3 is 2.86 bits per heavy atom. The molecule has 2 heterocycles. The summed E-state index contributed by atoms with van der Waals surface area (Å²) in [5, 5.41) is 0. The largest absolute Gasteiger partial charge is 0.487 e. The molecule has 112 valence electrons. The third-order valence-electron chi connectivity index (χ3n) is 3.21. The summed E-state index contributed by atoms with van der Waals surface area (Å²) in [4.78, 5) is 8.69. The number of ether oxygens (including phenoxy) is 1. The summed E-state index contributed by atoms with van der Waals surface area (Å²) in [6.07, 6.45) is 5.20. The Balaban J connectivity index is 2.11. The zero-order valence-electron chi connectivity index (χ0n) is 12.3. The summed E-state index contributed by atoms with van der Waals surface area (Å²) < 4.78 is 6.84. The van der Waals surface area contributed by atoms with E-state index in [-0.39, 0.29) is 6.04 Å². The molecule has 1 atom stereocenters. The number of aromatic nitrogens is 2. The van der Waals surface area contributed by atoms with Crippen molar-refractivity contribution in [2.75, 3.05) is 0 Å². The number of nitrogens with zero attached hydrogens (tertiary/aromatic N) is 2. The Kier molecular flexibility index (Phi) is 5.70. The van der Waals surface area contributed by atoms with Gasteiger partial charge in [0.25, 0.3) is 0 Å².